The third kappa shape index (κ3) is 2.73. The molecule has 0 radical (unpaired) electrons. The number of nitrogens with zero attached hydrogens (tertiary/aromatic N) is 1. The van der Waals surface area contributed by atoms with Gasteiger partial charge in [0, 0.05) is 12.6 Å². The van der Waals surface area contributed by atoms with E-state index in [0.717, 1.165) is 25.6 Å². The van der Waals surface area contributed by atoms with Crippen molar-refractivity contribution in [2.75, 3.05) is 13.1 Å². The average molecular weight is 211 g/mol. The van der Waals surface area contributed by atoms with Gasteiger partial charge in [0.05, 0.1) is 6.10 Å². The Morgan fingerprint density at radius 1 is 1.07 bits per heavy atom. The standard InChI is InChI=1S/C13H25NO/c1-2-14(12-7-3-4-8-12)10-11-6-5-9-13(11)15/h11-13,15H,2-10H2,1H3. The Morgan fingerprint density at radius 3 is 2.33 bits per heavy atom. The van der Waals surface area contributed by atoms with E-state index in [-0.39, 0.29) is 6.10 Å². The van der Waals surface area contributed by atoms with Crippen LogP contribution in [0.25, 0.3) is 0 Å². The van der Waals surface area contributed by atoms with Crippen LogP contribution in [0.3, 0.4) is 0 Å². The fourth-order valence-electron chi connectivity index (χ4n) is 3.34. The van der Waals surface area contributed by atoms with Crippen LogP contribution in [-0.4, -0.2) is 35.2 Å². The van der Waals surface area contributed by atoms with Crippen molar-refractivity contribution < 1.29 is 5.11 Å². The van der Waals surface area contributed by atoms with E-state index in [1.165, 1.54) is 38.5 Å². The first-order valence-electron chi connectivity index (χ1n) is 6.73. The fourth-order valence-corrected chi connectivity index (χ4v) is 3.34. The largest absolute Gasteiger partial charge is 0.393 e. The van der Waals surface area contributed by atoms with Gasteiger partial charge in [-0.15, -0.1) is 0 Å². The molecule has 2 aliphatic rings. The Hall–Kier alpha value is -0.0800. The summed E-state index contributed by atoms with van der Waals surface area (Å²) < 4.78 is 0. The van der Waals surface area contributed by atoms with E-state index in [9.17, 15) is 5.11 Å². The second kappa shape index (κ2) is 5.31. The first-order valence-corrected chi connectivity index (χ1v) is 6.73. The van der Waals surface area contributed by atoms with E-state index < -0.39 is 0 Å². The molecule has 2 rings (SSSR count). The maximum absolute atomic E-state index is 9.85. The molecule has 0 bridgehead atoms. The monoisotopic (exact) mass is 211 g/mol. The SMILES string of the molecule is CCN(CC1CCCC1O)C1CCCC1. The summed E-state index contributed by atoms with van der Waals surface area (Å²) in [7, 11) is 0. The molecule has 0 aliphatic heterocycles. The summed E-state index contributed by atoms with van der Waals surface area (Å²) in [4.78, 5) is 2.62. The van der Waals surface area contributed by atoms with Crippen LogP contribution in [0.1, 0.15) is 51.9 Å². The van der Waals surface area contributed by atoms with Gasteiger partial charge in [0.1, 0.15) is 0 Å². The molecule has 2 unspecified atom stereocenters. The maximum atomic E-state index is 9.85. The van der Waals surface area contributed by atoms with Crippen molar-refractivity contribution in [1.29, 1.82) is 0 Å². The molecule has 88 valence electrons. The van der Waals surface area contributed by atoms with Gasteiger partial charge in [-0.2, -0.15) is 0 Å². The van der Waals surface area contributed by atoms with Gasteiger partial charge in [-0.05, 0) is 38.1 Å². The van der Waals surface area contributed by atoms with E-state index in [0.29, 0.717) is 5.92 Å². The van der Waals surface area contributed by atoms with Crippen LogP contribution in [0.15, 0.2) is 0 Å². The van der Waals surface area contributed by atoms with Gasteiger partial charge in [0.15, 0.2) is 0 Å². The molecular weight excluding hydrogens is 186 g/mol. The number of aliphatic hydroxyl groups is 1. The lowest BCUT2D eigenvalue weighted by Gasteiger charge is -2.31. The van der Waals surface area contributed by atoms with Crippen LogP contribution in [0, 0.1) is 5.92 Å². The molecule has 1 N–H and O–H groups in total. The van der Waals surface area contributed by atoms with Crippen molar-refractivity contribution in [2.45, 2.75) is 64.0 Å². The summed E-state index contributed by atoms with van der Waals surface area (Å²) in [5.74, 6) is 0.561. The molecule has 0 aromatic rings. The number of aliphatic hydroxyl groups excluding tert-OH is 1. The van der Waals surface area contributed by atoms with Crippen LogP contribution in [0.2, 0.25) is 0 Å². The normalized spacial score (nSPS) is 33.0. The van der Waals surface area contributed by atoms with Crippen LogP contribution < -0.4 is 0 Å². The average Bonchev–Trinajstić information content (AvgIpc) is 2.86. The van der Waals surface area contributed by atoms with E-state index >= 15 is 0 Å². The Labute approximate surface area is 93.7 Å². The van der Waals surface area contributed by atoms with Crippen LogP contribution in [0.4, 0.5) is 0 Å². The van der Waals surface area contributed by atoms with Crippen molar-refractivity contribution in [3.8, 4) is 0 Å². The van der Waals surface area contributed by atoms with E-state index in [1.807, 2.05) is 0 Å². The van der Waals surface area contributed by atoms with Gasteiger partial charge in [0.2, 0.25) is 0 Å². The van der Waals surface area contributed by atoms with Gasteiger partial charge in [-0.25, -0.2) is 0 Å². The summed E-state index contributed by atoms with van der Waals surface area (Å²) in [6.45, 7) is 4.57. The maximum Gasteiger partial charge on any atom is 0.0580 e. The number of rotatable bonds is 4. The lowest BCUT2D eigenvalue weighted by molar-refractivity contribution is 0.0882. The molecule has 0 aromatic carbocycles. The van der Waals surface area contributed by atoms with Crippen molar-refractivity contribution in [3.05, 3.63) is 0 Å². The minimum Gasteiger partial charge on any atom is -0.393 e. The van der Waals surface area contributed by atoms with Gasteiger partial charge in [-0.3, -0.25) is 0 Å². The summed E-state index contributed by atoms with van der Waals surface area (Å²) >= 11 is 0. The molecule has 0 amide bonds. The van der Waals surface area contributed by atoms with Crippen LogP contribution in [0.5, 0.6) is 0 Å². The number of hydrogen-bond acceptors (Lipinski definition) is 2. The highest BCUT2D eigenvalue weighted by atomic mass is 16.3. The van der Waals surface area contributed by atoms with Crippen molar-refractivity contribution >= 4 is 0 Å². The Morgan fingerprint density at radius 2 is 1.80 bits per heavy atom. The first kappa shape index (κ1) is 11.4. The molecular formula is C13H25NO. The highest BCUT2D eigenvalue weighted by molar-refractivity contribution is 4.83. The topological polar surface area (TPSA) is 23.5 Å². The summed E-state index contributed by atoms with van der Waals surface area (Å²) in [5, 5.41) is 9.85. The lowest BCUT2D eigenvalue weighted by Crippen LogP contribution is -2.38. The molecule has 2 nitrogen and oxygen atoms in total. The van der Waals surface area contributed by atoms with Gasteiger partial charge >= 0.3 is 0 Å². The molecule has 0 heterocycles. The van der Waals surface area contributed by atoms with Gasteiger partial charge in [-0.1, -0.05) is 26.2 Å². The molecule has 2 atom stereocenters. The minimum atomic E-state index is -0.0135. The summed E-state index contributed by atoms with van der Waals surface area (Å²) in [5.41, 5.74) is 0. The zero-order chi connectivity index (χ0) is 10.7. The molecule has 15 heavy (non-hydrogen) atoms. The molecule has 2 aliphatic carbocycles. The van der Waals surface area contributed by atoms with E-state index in [1.54, 1.807) is 0 Å². The van der Waals surface area contributed by atoms with Crippen molar-refractivity contribution in [1.82, 2.24) is 4.90 Å². The quantitative estimate of drug-likeness (QED) is 0.772. The second-order valence-corrected chi connectivity index (χ2v) is 5.28. The highest BCUT2D eigenvalue weighted by Crippen LogP contribution is 2.29. The summed E-state index contributed by atoms with van der Waals surface area (Å²) in [6.07, 6.45) is 9.09. The zero-order valence-corrected chi connectivity index (χ0v) is 9.99. The number of hydrogen-bond donors (Lipinski definition) is 1. The summed E-state index contributed by atoms with van der Waals surface area (Å²) in [6, 6.07) is 0.822. The van der Waals surface area contributed by atoms with E-state index in [4.69, 9.17) is 0 Å². The Balaban J connectivity index is 1.84. The second-order valence-electron chi connectivity index (χ2n) is 5.28. The van der Waals surface area contributed by atoms with Crippen molar-refractivity contribution in [2.24, 2.45) is 5.92 Å². The molecule has 2 fully saturated rings. The highest BCUT2D eigenvalue weighted by Gasteiger charge is 2.29. The third-order valence-corrected chi connectivity index (χ3v) is 4.34. The smallest absolute Gasteiger partial charge is 0.0580 e. The van der Waals surface area contributed by atoms with Crippen molar-refractivity contribution in [3.63, 3.8) is 0 Å². The Kier molecular flexibility index (Phi) is 4.04. The molecule has 0 saturated heterocycles. The molecule has 2 heteroatoms. The minimum absolute atomic E-state index is 0.0135. The molecule has 0 aromatic heterocycles. The molecule has 0 spiro atoms. The van der Waals surface area contributed by atoms with Crippen LogP contribution >= 0.6 is 0 Å². The van der Waals surface area contributed by atoms with Gasteiger partial charge < -0.3 is 10.0 Å². The first-order chi connectivity index (χ1) is 7.31. The Bertz CT molecular complexity index is 189. The van der Waals surface area contributed by atoms with Gasteiger partial charge in [0.25, 0.3) is 0 Å². The zero-order valence-electron chi connectivity index (χ0n) is 9.99. The third-order valence-electron chi connectivity index (χ3n) is 4.34. The van der Waals surface area contributed by atoms with Crippen LogP contribution in [-0.2, 0) is 0 Å². The predicted octanol–water partition coefficient (Wildman–Crippen LogP) is 2.41. The lowest BCUT2D eigenvalue weighted by atomic mass is 10.0. The molecule has 2 saturated carbocycles. The van der Waals surface area contributed by atoms with E-state index in [2.05, 4.69) is 11.8 Å². The predicted molar refractivity (Wildman–Crippen MR) is 62.9 cm³/mol. The fraction of sp³-hybridized carbons (Fsp3) is 1.00.